The fraction of sp³-hybridized carbons (Fsp3) is 0.391. The molecule has 0 fully saturated rings. The molecule has 1 atom stereocenters. The first-order valence-electron chi connectivity index (χ1n) is 10.3. The van der Waals surface area contributed by atoms with Gasteiger partial charge in [-0.3, -0.25) is 4.90 Å². The Morgan fingerprint density at radius 3 is 2.50 bits per heavy atom. The quantitative estimate of drug-likeness (QED) is 0.727. The lowest BCUT2D eigenvalue weighted by atomic mass is 9.76. The number of carbonyl (C=O) groups is 2. The van der Waals surface area contributed by atoms with Gasteiger partial charge in [0.1, 0.15) is 0 Å². The highest BCUT2D eigenvalue weighted by atomic mass is 16.7. The van der Waals surface area contributed by atoms with Gasteiger partial charge >= 0.3 is 12.1 Å². The van der Waals surface area contributed by atoms with E-state index in [1.54, 1.807) is 37.3 Å². The molecule has 0 radical (unpaired) electrons. The van der Waals surface area contributed by atoms with Crippen molar-refractivity contribution in [2.45, 2.75) is 25.3 Å². The molecule has 9 nitrogen and oxygen atoms in total. The van der Waals surface area contributed by atoms with E-state index in [-0.39, 0.29) is 26.4 Å². The van der Waals surface area contributed by atoms with Gasteiger partial charge in [0.05, 0.1) is 20.8 Å². The van der Waals surface area contributed by atoms with E-state index < -0.39 is 17.6 Å². The Hall–Kier alpha value is -3.62. The molecule has 0 aromatic heterocycles. The first-order chi connectivity index (χ1) is 15.4. The van der Waals surface area contributed by atoms with E-state index >= 15 is 0 Å². The van der Waals surface area contributed by atoms with E-state index in [2.05, 4.69) is 0 Å². The third-order valence-corrected chi connectivity index (χ3v) is 5.86. The summed E-state index contributed by atoms with van der Waals surface area (Å²) < 4.78 is 26.9. The Morgan fingerprint density at radius 2 is 1.81 bits per heavy atom. The first-order valence-corrected chi connectivity index (χ1v) is 10.3. The van der Waals surface area contributed by atoms with Crippen molar-refractivity contribution in [2.24, 2.45) is 0 Å². The highest BCUT2D eigenvalue weighted by Crippen LogP contribution is 2.45. The third-order valence-electron chi connectivity index (χ3n) is 5.86. The van der Waals surface area contributed by atoms with Crippen LogP contribution < -0.4 is 18.9 Å². The Bertz CT molecular complexity index is 1050. The SMILES string of the molecule is CCOC(=O)N1CCc2cc(OC)c(OC)cc2C1(Cc1ccc2c(c1)OCO2)C(=O)O. The van der Waals surface area contributed by atoms with E-state index in [0.29, 0.717) is 40.5 Å². The first kappa shape index (κ1) is 21.6. The number of carboxylic acid groups (broad SMARTS) is 1. The van der Waals surface area contributed by atoms with Gasteiger partial charge in [0.2, 0.25) is 6.79 Å². The van der Waals surface area contributed by atoms with Gasteiger partial charge in [0, 0.05) is 13.0 Å². The Morgan fingerprint density at radius 1 is 1.09 bits per heavy atom. The lowest BCUT2D eigenvalue weighted by Crippen LogP contribution is -2.59. The van der Waals surface area contributed by atoms with Crippen LogP contribution in [0.2, 0.25) is 0 Å². The van der Waals surface area contributed by atoms with Gasteiger partial charge in [0.15, 0.2) is 28.5 Å². The highest BCUT2D eigenvalue weighted by Gasteiger charge is 2.52. The molecule has 9 heteroatoms. The topological polar surface area (TPSA) is 104 Å². The van der Waals surface area contributed by atoms with Crippen LogP contribution in [0.3, 0.4) is 0 Å². The number of amides is 1. The van der Waals surface area contributed by atoms with Crippen LogP contribution in [0.1, 0.15) is 23.6 Å². The molecule has 1 N–H and O–H groups in total. The molecule has 170 valence electrons. The van der Waals surface area contributed by atoms with Gasteiger partial charge in [-0.05, 0) is 54.3 Å². The molecule has 2 aromatic rings. The van der Waals surface area contributed by atoms with E-state index in [1.165, 1.54) is 19.1 Å². The summed E-state index contributed by atoms with van der Waals surface area (Å²) in [5.74, 6) is 0.841. The lowest BCUT2D eigenvalue weighted by molar-refractivity contribution is -0.152. The van der Waals surface area contributed by atoms with Gasteiger partial charge in [-0.1, -0.05) is 6.07 Å². The molecule has 1 unspecified atom stereocenters. The van der Waals surface area contributed by atoms with Crippen LogP contribution in [0.5, 0.6) is 23.0 Å². The predicted molar refractivity (Wildman–Crippen MR) is 113 cm³/mol. The normalized spacial score (nSPS) is 18.7. The molecule has 0 saturated carbocycles. The Balaban J connectivity index is 1.90. The van der Waals surface area contributed by atoms with Crippen molar-refractivity contribution in [1.82, 2.24) is 4.90 Å². The zero-order valence-corrected chi connectivity index (χ0v) is 18.2. The van der Waals surface area contributed by atoms with Gasteiger partial charge in [-0.25, -0.2) is 9.59 Å². The molecular formula is C23H25NO8. The van der Waals surface area contributed by atoms with Crippen molar-refractivity contribution < 1.29 is 38.4 Å². The monoisotopic (exact) mass is 443 g/mol. The van der Waals surface area contributed by atoms with E-state index in [1.807, 2.05) is 0 Å². The van der Waals surface area contributed by atoms with E-state index in [0.717, 1.165) is 5.56 Å². The van der Waals surface area contributed by atoms with Gasteiger partial charge in [-0.2, -0.15) is 0 Å². The average Bonchev–Trinajstić information content (AvgIpc) is 3.26. The van der Waals surface area contributed by atoms with E-state index in [9.17, 15) is 14.7 Å². The zero-order chi connectivity index (χ0) is 22.9. The summed E-state index contributed by atoms with van der Waals surface area (Å²) in [6, 6.07) is 8.66. The number of carboxylic acids is 1. The van der Waals surface area contributed by atoms with Crippen molar-refractivity contribution in [3.8, 4) is 23.0 Å². The number of carbonyl (C=O) groups excluding carboxylic acids is 1. The summed E-state index contributed by atoms with van der Waals surface area (Å²) in [6.45, 7) is 2.10. The molecule has 0 bridgehead atoms. The summed E-state index contributed by atoms with van der Waals surface area (Å²) in [5, 5.41) is 10.6. The number of methoxy groups -OCH3 is 2. The minimum Gasteiger partial charge on any atom is -0.493 e. The van der Waals surface area contributed by atoms with E-state index in [4.69, 9.17) is 23.7 Å². The molecule has 2 aliphatic heterocycles. The van der Waals surface area contributed by atoms with Crippen molar-refractivity contribution in [3.63, 3.8) is 0 Å². The number of rotatable bonds is 6. The fourth-order valence-corrected chi connectivity index (χ4v) is 4.37. The molecule has 32 heavy (non-hydrogen) atoms. The second-order valence-corrected chi connectivity index (χ2v) is 7.49. The molecule has 2 heterocycles. The molecule has 4 rings (SSSR count). The number of nitrogens with zero attached hydrogens (tertiary/aromatic N) is 1. The van der Waals surface area contributed by atoms with Crippen LogP contribution in [0, 0.1) is 0 Å². The second kappa shape index (κ2) is 8.49. The van der Waals surface area contributed by atoms with Crippen molar-refractivity contribution in [3.05, 3.63) is 47.0 Å². The zero-order valence-electron chi connectivity index (χ0n) is 18.2. The summed E-state index contributed by atoms with van der Waals surface area (Å²) >= 11 is 0. The number of hydrogen-bond acceptors (Lipinski definition) is 7. The number of aliphatic carboxylic acids is 1. The van der Waals surface area contributed by atoms with Crippen LogP contribution >= 0.6 is 0 Å². The maximum absolute atomic E-state index is 13.0. The lowest BCUT2D eigenvalue weighted by Gasteiger charge is -2.44. The largest absolute Gasteiger partial charge is 0.493 e. The number of benzene rings is 2. The van der Waals surface area contributed by atoms with Gasteiger partial charge < -0.3 is 28.8 Å². The molecule has 0 aliphatic carbocycles. The van der Waals surface area contributed by atoms with Crippen LogP contribution in [0.25, 0.3) is 0 Å². The van der Waals surface area contributed by atoms with Crippen LogP contribution in [0.4, 0.5) is 4.79 Å². The maximum Gasteiger partial charge on any atom is 0.411 e. The number of fused-ring (bicyclic) bond motifs is 2. The van der Waals surface area contributed by atoms with Gasteiger partial charge in [-0.15, -0.1) is 0 Å². The average molecular weight is 443 g/mol. The summed E-state index contributed by atoms with van der Waals surface area (Å²) in [5.41, 5.74) is 0.187. The van der Waals surface area contributed by atoms with Crippen LogP contribution in [-0.4, -0.2) is 56.2 Å². The maximum atomic E-state index is 13.0. The Labute approximate surface area is 185 Å². The number of ether oxygens (including phenoxy) is 5. The fourth-order valence-electron chi connectivity index (χ4n) is 4.37. The molecule has 0 saturated heterocycles. The van der Waals surface area contributed by atoms with Crippen molar-refractivity contribution in [2.75, 3.05) is 34.2 Å². The second-order valence-electron chi connectivity index (χ2n) is 7.49. The molecule has 1 amide bonds. The Kier molecular flexibility index (Phi) is 5.73. The molecule has 2 aromatic carbocycles. The third kappa shape index (κ3) is 3.43. The smallest absolute Gasteiger partial charge is 0.411 e. The summed E-state index contributed by atoms with van der Waals surface area (Å²) in [7, 11) is 3.01. The van der Waals surface area contributed by atoms with Crippen LogP contribution in [0.15, 0.2) is 30.3 Å². The molecule has 0 spiro atoms. The predicted octanol–water partition coefficient (Wildman–Crippen LogP) is 2.97. The number of hydrogen-bond donors (Lipinski definition) is 1. The minimum absolute atomic E-state index is 0.000269. The standard InChI is InChI=1S/C23H25NO8/c1-4-30-22(27)24-8-7-15-10-18(28-2)19(29-3)11-16(15)23(24,21(25)26)12-14-5-6-17-20(9-14)32-13-31-17/h5-6,9-11H,4,7-8,12-13H2,1-3H3,(H,25,26). The summed E-state index contributed by atoms with van der Waals surface area (Å²) in [4.78, 5) is 27.2. The van der Waals surface area contributed by atoms with Gasteiger partial charge in [0.25, 0.3) is 0 Å². The van der Waals surface area contributed by atoms with Crippen LogP contribution in [-0.2, 0) is 27.9 Å². The summed E-state index contributed by atoms with van der Waals surface area (Å²) in [6.07, 6.45) is -0.235. The minimum atomic E-state index is -1.72. The molecular weight excluding hydrogens is 418 g/mol. The van der Waals surface area contributed by atoms with Crippen molar-refractivity contribution >= 4 is 12.1 Å². The van der Waals surface area contributed by atoms with Crippen molar-refractivity contribution in [1.29, 1.82) is 0 Å². The molecule has 2 aliphatic rings. The highest BCUT2D eigenvalue weighted by molar-refractivity contribution is 5.88.